The molecule has 0 spiro atoms. The predicted octanol–water partition coefficient (Wildman–Crippen LogP) is 3.04. The Morgan fingerprint density at radius 1 is 1.19 bits per heavy atom. The Hall–Kier alpha value is -1.16. The van der Waals surface area contributed by atoms with Crippen LogP contribution in [-0.4, -0.2) is 15.1 Å². The molecular formula is C12H16O3S. The monoisotopic (exact) mass is 240 g/mol. The van der Waals surface area contributed by atoms with Gasteiger partial charge in [0.1, 0.15) is 5.60 Å². The van der Waals surface area contributed by atoms with Crippen molar-refractivity contribution in [3.63, 3.8) is 0 Å². The highest BCUT2D eigenvalue weighted by Gasteiger charge is 2.22. The van der Waals surface area contributed by atoms with Crippen molar-refractivity contribution in [1.29, 1.82) is 0 Å². The minimum absolute atomic E-state index is 0.472. The Balaban J connectivity index is 2.79. The first-order chi connectivity index (χ1) is 7.29. The van der Waals surface area contributed by atoms with Gasteiger partial charge in [0.15, 0.2) is 10.8 Å². The number of rotatable bonds is 1. The van der Waals surface area contributed by atoms with Crippen molar-refractivity contribution in [2.24, 2.45) is 0 Å². The summed E-state index contributed by atoms with van der Waals surface area (Å²) in [5.74, 6) is 0. The fourth-order valence-corrected chi connectivity index (χ4v) is 1.95. The second kappa shape index (κ2) is 4.78. The normalized spacial score (nSPS) is 13.2. The molecule has 16 heavy (non-hydrogen) atoms. The molecular weight excluding hydrogens is 224 g/mol. The average Bonchev–Trinajstić information content (AvgIpc) is 2.15. The van der Waals surface area contributed by atoms with Crippen molar-refractivity contribution in [3.05, 3.63) is 29.8 Å². The second-order valence-corrected chi connectivity index (χ2v) is 5.89. The summed E-state index contributed by atoms with van der Waals surface area (Å²) in [6, 6.07) is 6.99. The van der Waals surface area contributed by atoms with Gasteiger partial charge in [-0.2, -0.15) is 0 Å². The van der Waals surface area contributed by atoms with Gasteiger partial charge in [-0.1, -0.05) is 17.7 Å². The third kappa shape index (κ3) is 3.77. The summed E-state index contributed by atoms with van der Waals surface area (Å²) in [7, 11) is -1.74. The minimum atomic E-state index is -1.74. The molecule has 0 N–H and O–H groups in total. The summed E-state index contributed by atoms with van der Waals surface area (Å²) in [6.45, 7) is 7.17. The topological polar surface area (TPSA) is 43.4 Å². The Labute approximate surface area is 98.3 Å². The van der Waals surface area contributed by atoms with Crippen molar-refractivity contribution in [3.8, 4) is 0 Å². The molecule has 1 aromatic carbocycles. The van der Waals surface area contributed by atoms with Gasteiger partial charge in [0, 0.05) is 0 Å². The van der Waals surface area contributed by atoms with Crippen LogP contribution in [0.25, 0.3) is 0 Å². The lowest BCUT2D eigenvalue weighted by molar-refractivity contribution is 0.0728. The van der Waals surface area contributed by atoms with E-state index in [1.807, 2.05) is 19.1 Å². The highest BCUT2D eigenvalue weighted by molar-refractivity contribution is 7.99. The molecule has 3 nitrogen and oxygen atoms in total. The lowest BCUT2D eigenvalue weighted by atomic mass is 10.2. The summed E-state index contributed by atoms with van der Waals surface area (Å²) in [4.78, 5) is 12.0. The lowest BCUT2D eigenvalue weighted by Gasteiger charge is -2.18. The van der Waals surface area contributed by atoms with E-state index in [9.17, 15) is 9.00 Å². The third-order valence-corrected chi connectivity index (χ3v) is 2.86. The SMILES string of the molecule is Cc1ccc(S(=O)C(=O)OC(C)(C)C)cc1. The van der Waals surface area contributed by atoms with Crippen LogP contribution < -0.4 is 0 Å². The van der Waals surface area contributed by atoms with Gasteiger partial charge in [-0.3, -0.25) is 0 Å². The summed E-state index contributed by atoms with van der Waals surface area (Å²) < 4.78 is 16.8. The molecule has 0 heterocycles. The molecule has 0 bridgehead atoms. The van der Waals surface area contributed by atoms with Gasteiger partial charge in [-0.05, 0) is 39.8 Å². The highest BCUT2D eigenvalue weighted by atomic mass is 32.2. The van der Waals surface area contributed by atoms with E-state index >= 15 is 0 Å². The number of aryl methyl sites for hydroxylation is 1. The van der Waals surface area contributed by atoms with Crippen molar-refractivity contribution < 1.29 is 13.7 Å². The highest BCUT2D eigenvalue weighted by Crippen LogP contribution is 2.14. The van der Waals surface area contributed by atoms with Crippen molar-refractivity contribution in [2.45, 2.75) is 38.2 Å². The number of hydrogen-bond acceptors (Lipinski definition) is 3. The quantitative estimate of drug-likeness (QED) is 0.709. The molecule has 0 aliphatic heterocycles. The molecule has 0 aliphatic rings. The average molecular weight is 240 g/mol. The number of carbonyl (C=O) groups is 1. The van der Waals surface area contributed by atoms with Crippen LogP contribution in [0.1, 0.15) is 26.3 Å². The maximum atomic E-state index is 11.8. The van der Waals surface area contributed by atoms with Crippen LogP contribution in [0.3, 0.4) is 0 Å². The van der Waals surface area contributed by atoms with Crippen LogP contribution in [0.15, 0.2) is 29.2 Å². The first-order valence-electron chi connectivity index (χ1n) is 5.01. The van der Waals surface area contributed by atoms with Crippen LogP contribution in [-0.2, 0) is 15.5 Å². The summed E-state index contributed by atoms with van der Waals surface area (Å²) >= 11 is 0. The molecule has 0 saturated heterocycles. The van der Waals surface area contributed by atoms with Crippen molar-refractivity contribution in [1.82, 2.24) is 0 Å². The van der Waals surface area contributed by atoms with E-state index in [4.69, 9.17) is 4.74 Å². The van der Waals surface area contributed by atoms with Gasteiger partial charge in [0.25, 0.3) is 0 Å². The van der Waals surface area contributed by atoms with E-state index in [2.05, 4.69) is 0 Å². The molecule has 1 aromatic rings. The molecule has 1 atom stereocenters. The van der Waals surface area contributed by atoms with Crippen LogP contribution >= 0.6 is 0 Å². The Kier molecular flexibility index (Phi) is 3.86. The van der Waals surface area contributed by atoms with Crippen LogP contribution in [0, 0.1) is 6.92 Å². The van der Waals surface area contributed by atoms with Gasteiger partial charge in [-0.15, -0.1) is 0 Å². The summed E-state index contributed by atoms with van der Waals surface area (Å²) in [6.07, 6.45) is 0. The van der Waals surface area contributed by atoms with E-state index in [1.54, 1.807) is 32.9 Å². The van der Waals surface area contributed by atoms with Crippen LogP contribution in [0.2, 0.25) is 0 Å². The van der Waals surface area contributed by atoms with E-state index in [0.29, 0.717) is 4.90 Å². The van der Waals surface area contributed by atoms with Gasteiger partial charge < -0.3 is 4.74 Å². The largest absolute Gasteiger partial charge is 0.450 e. The van der Waals surface area contributed by atoms with E-state index in [-0.39, 0.29) is 0 Å². The minimum Gasteiger partial charge on any atom is -0.450 e. The maximum Gasteiger partial charge on any atom is 0.403 e. The molecule has 0 amide bonds. The molecule has 4 heteroatoms. The zero-order valence-corrected chi connectivity index (χ0v) is 10.8. The predicted molar refractivity (Wildman–Crippen MR) is 63.8 cm³/mol. The Bertz CT molecular complexity index is 401. The molecule has 88 valence electrons. The summed E-state index contributed by atoms with van der Waals surface area (Å²) in [5.41, 5.74) is 0.446. The molecule has 1 unspecified atom stereocenters. The molecule has 0 aliphatic carbocycles. The Morgan fingerprint density at radius 2 is 1.69 bits per heavy atom. The number of hydrogen-bond donors (Lipinski definition) is 0. The molecule has 0 fully saturated rings. The van der Waals surface area contributed by atoms with Crippen molar-refractivity contribution >= 4 is 16.1 Å². The number of benzene rings is 1. The van der Waals surface area contributed by atoms with Gasteiger partial charge >= 0.3 is 5.30 Å². The molecule has 0 saturated carbocycles. The van der Waals surface area contributed by atoms with Gasteiger partial charge in [0.2, 0.25) is 0 Å². The second-order valence-electron chi connectivity index (χ2n) is 4.55. The van der Waals surface area contributed by atoms with E-state index < -0.39 is 21.7 Å². The smallest absolute Gasteiger partial charge is 0.403 e. The standard InChI is InChI=1S/C12H16O3S/c1-9-5-7-10(8-6-9)16(14)11(13)15-12(2,3)4/h5-8H,1-4H3. The van der Waals surface area contributed by atoms with E-state index in [0.717, 1.165) is 5.56 Å². The molecule has 1 rings (SSSR count). The number of carbonyl (C=O) groups excluding carboxylic acids is 1. The fraction of sp³-hybridized carbons (Fsp3) is 0.417. The molecule has 0 radical (unpaired) electrons. The summed E-state index contributed by atoms with van der Waals surface area (Å²) in [5, 5.41) is -0.698. The first-order valence-corrected chi connectivity index (χ1v) is 6.16. The van der Waals surface area contributed by atoms with E-state index in [1.165, 1.54) is 0 Å². The van der Waals surface area contributed by atoms with Gasteiger partial charge in [0.05, 0.1) is 4.90 Å². The van der Waals surface area contributed by atoms with Crippen LogP contribution in [0.5, 0.6) is 0 Å². The number of ether oxygens (including phenoxy) is 1. The zero-order valence-electron chi connectivity index (χ0n) is 9.94. The lowest BCUT2D eigenvalue weighted by Crippen LogP contribution is -2.25. The molecule has 0 aromatic heterocycles. The maximum absolute atomic E-state index is 11.8. The zero-order chi connectivity index (χ0) is 12.3. The Morgan fingerprint density at radius 3 is 2.12 bits per heavy atom. The van der Waals surface area contributed by atoms with Gasteiger partial charge in [-0.25, -0.2) is 9.00 Å². The third-order valence-electron chi connectivity index (χ3n) is 1.78. The first kappa shape index (κ1) is 12.9. The van der Waals surface area contributed by atoms with Crippen LogP contribution in [0.4, 0.5) is 4.79 Å². The van der Waals surface area contributed by atoms with Crippen molar-refractivity contribution in [2.75, 3.05) is 0 Å². The fourth-order valence-electron chi connectivity index (χ4n) is 1.05.